The lowest BCUT2D eigenvalue weighted by Gasteiger charge is -2.29. The van der Waals surface area contributed by atoms with Crippen LogP contribution in [0.5, 0.6) is 0 Å². The molecule has 2 unspecified atom stereocenters. The molecular weight excluding hydrogens is 218 g/mol. The zero-order chi connectivity index (χ0) is 12.8. The molecule has 17 heavy (non-hydrogen) atoms. The monoisotopic (exact) mass is 243 g/mol. The maximum atomic E-state index is 10.8. The van der Waals surface area contributed by atoms with Crippen LogP contribution < -0.4 is 5.32 Å². The zero-order valence-corrected chi connectivity index (χ0v) is 11.1. The van der Waals surface area contributed by atoms with Crippen LogP contribution in [0.1, 0.15) is 19.8 Å². The third-order valence-electron chi connectivity index (χ3n) is 3.33. The van der Waals surface area contributed by atoms with Crippen LogP contribution in [0.4, 0.5) is 0 Å². The summed E-state index contributed by atoms with van der Waals surface area (Å²) in [5.74, 6) is -0.718. The van der Waals surface area contributed by atoms with Gasteiger partial charge in [0.25, 0.3) is 0 Å². The molecule has 5 nitrogen and oxygen atoms in total. The molecule has 1 aliphatic rings. The summed E-state index contributed by atoms with van der Waals surface area (Å²) in [4.78, 5) is 15.3. The lowest BCUT2D eigenvalue weighted by atomic mass is 10.2. The Morgan fingerprint density at radius 1 is 1.53 bits per heavy atom. The Balaban J connectivity index is 2.49. The fourth-order valence-electron chi connectivity index (χ4n) is 2.19. The van der Waals surface area contributed by atoms with Crippen molar-refractivity contribution in [3.8, 4) is 0 Å². The summed E-state index contributed by atoms with van der Waals surface area (Å²) < 4.78 is 0. The number of carboxylic acid groups (broad SMARTS) is 1. The Kier molecular flexibility index (Phi) is 5.88. The van der Waals surface area contributed by atoms with E-state index in [1.54, 1.807) is 0 Å². The van der Waals surface area contributed by atoms with E-state index in [0.717, 1.165) is 32.6 Å². The maximum Gasteiger partial charge on any atom is 0.304 e. The van der Waals surface area contributed by atoms with Crippen LogP contribution in [0.2, 0.25) is 0 Å². The summed E-state index contributed by atoms with van der Waals surface area (Å²) in [7, 11) is 4.13. The van der Waals surface area contributed by atoms with E-state index >= 15 is 0 Å². The minimum Gasteiger partial charge on any atom is -0.481 e. The number of hydrogen-bond acceptors (Lipinski definition) is 4. The van der Waals surface area contributed by atoms with E-state index < -0.39 is 5.97 Å². The number of nitrogens with one attached hydrogen (secondary N) is 1. The van der Waals surface area contributed by atoms with Crippen LogP contribution in [-0.4, -0.2) is 73.2 Å². The van der Waals surface area contributed by atoms with Gasteiger partial charge in [-0.2, -0.15) is 0 Å². The average molecular weight is 243 g/mol. The van der Waals surface area contributed by atoms with Gasteiger partial charge in [-0.05, 0) is 34.0 Å². The summed E-state index contributed by atoms with van der Waals surface area (Å²) >= 11 is 0. The minimum absolute atomic E-state index is 0.0830. The van der Waals surface area contributed by atoms with Crippen molar-refractivity contribution in [3.05, 3.63) is 0 Å². The van der Waals surface area contributed by atoms with Crippen LogP contribution >= 0.6 is 0 Å². The molecule has 1 rings (SSSR count). The Bertz CT molecular complexity index is 246. The van der Waals surface area contributed by atoms with Crippen molar-refractivity contribution >= 4 is 5.97 Å². The average Bonchev–Trinajstić information content (AvgIpc) is 2.37. The van der Waals surface area contributed by atoms with Gasteiger partial charge < -0.3 is 15.3 Å². The van der Waals surface area contributed by atoms with Crippen molar-refractivity contribution in [3.63, 3.8) is 0 Å². The molecule has 0 aromatic heterocycles. The SMILES string of the molecule is CC1CCNC(CC(=O)O)CN1CCN(C)C. The maximum absolute atomic E-state index is 10.8. The summed E-state index contributed by atoms with van der Waals surface area (Å²) in [5, 5.41) is 12.2. The van der Waals surface area contributed by atoms with Gasteiger partial charge in [0.1, 0.15) is 0 Å². The Morgan fingerprint density at radius 2 is 2.24 bits per heavy atom. The molecule has 2 N–H and O–H groups in total. The van der Waals surface area contributed by atoms with E-state index in [1.807, 2.05) is 0 Å². The third-order valence-corrected chi connectivity index (χ3v) is 3.33. The predicted molar refractivity (Wildman–Crippen MR) is 68.2 cm³/mol. The van der Waals surface area contributed by atoms with Crippen molar-refractivity contribution in [2.24, 2.45) is 0 Å². The standard InChI is InChI=1S/C12H25N3O2/c1-10-4-5-13-11(8-12(16)17)9-15(10)7-6-14(2)3/h10-11,13H,4-9H2,1-3H3,(H,16,17). The molecule has 100 valence electrons. The van der Waals surface area contributed by atoms with Crippen molar-refractivity contribution in [1.29, 1.82) is 0 Å². The Hall–Kier alpha value is -0.650. The van der Waals surface area contributed by atoms with Gasteiger partial charge in [0.2, 0.25) is 0 Å². The second kappa shape index (κ2) is 6.93. The number of aliphatic carboxylic acids is 1. The number of likely N-dealkylation sites (N-methyl/N-ethyl adjacent to an activating group) is 1. The normalized spacial score (nSPS) is 27.1. The molecule has 0 aliphatic carbocycles. The lowest BCUT2D eigenvalue weighted by Crippen LogP contribution is -2.43. The second-order valence-electron chi connectivity index (χ2n) is 5.18. The van der Waals surface area contributed by atoms with Gasteiger partial charge in [-0.25, -0.2) is 0 Å². The van der Waals surface area contributed by atoms with Crippen LogP contribution in [0, 0.1) is 0 Å². The van der Waals surface area contributed by atoms with Gasteiger partial charge in [-0.15, -0.1) is 0 Å². The molecule has 1 saturated heterocycles. The van der Waals surface area contributed by atoms with Gasteiger partial charge >= 0.3 is 5.97 Å². The second-order valence-corrected chi connectivity index (χ2v) is 5.18. The summed E-state index contributed by atoms with van der Waals surface area (Å²) in [6.07, 6.45) is 1.30. The van der Waals surface area contributed by atoms with E-state index in [-0.39, 0.29) is 12.5 Å². The van der Waals surface area contributed by atoms with Gasteiger partial charge in [0.05, 0.1) is 6.42 Å². The molecule has 0 aromatic rings. The number of rotatable bonds is 5. The molecule has 0 saturated carbocycles. The lowest BCUT2D eigenvalue weighted by molar-refractivity contribution is -0.137. The summed E-state index contributed by atoms with van der Waals surface area (Å²) in [6, 6.07) is 0.612. The molecule has 1 aliphatic heterocycles. The molecule has 5 heteroatoms. The molecule has 1 fully saturated rings. The number of carboxylic acids is 1. The van der Waals surface area contributed by atoms with E-state index in [1.165, 1.54) is 0 Å². The largest absolute Gasteiger partial charge is 0.481 e. The molecular formula is C12H25N3O2. The van der Waals surface area contributed by atoms with Crippen LogP contribution in [0.15, 0.2) is 0 Å². The van der Waals surface area contributed by atoms with Crippen molar-refractivity contribution < 1.29 is 9.90 Å². The summed E-state index contributed by atoms with van der Waals surface area (Å²) in [5.41, 5.74) is 0. The van der Waals surface area contributed by atoms with E-state index in [0.29, 0.717) is 6.04 Å². The quantitative estimate of drug-likeness (QED) is 0.716. The fraction of sp³-hybridized carbons (Fsp3) is 0.917. The highest BCUT2D eigenvalue weighted by atomic mass is 16.4. The molecule has 1 heterocycles. The molecule has 0 bridgehead atoms. The number of hydrogen-bond donors (Lipinski definition) is 2. The van der Waals surface area contributed by atoms with E-state index in [2.05, 4.69) is 36.1 Å². The van der Waals surface area contributed by atoms with Crippen molar-refractivity contribution in [2.45, 2.75) is 31.8 Å². The molecule has 0 aromatic carbocycles. The van der Waals surface area contributed by atoms with Gasteiger partial charge in [-0.1, -0.05) is 0 Å². The molecule has 0 spiro atoms. The highest BCUT2D eigenvalue weighted by molar-refractivity contribution is 5.67. The fourth-order valence-corrected chi connectivity index (χ4v) is 2.19. The number of nitrogens with zero attached hydrogens (tertiary/aromatic N) is 2. The molecule has 2 atom stereocenters. The van der Waals surface area contributed by atoms with Gasteiger partial charge in [0.15, 0.2) is 0 Å². The van der Waals surface area contributed by atoms with Crippen LogP contribution in [0.3, 0.4) is 0 Å². The van der Waals surface area contributed by atoms with Crippen LogP contribution in [0.25, 0.3) is 0 Å². The summed E-state index contributed by atoms with van der Waals surface area (Å²) in [6.45, 7) is 6.00. The van der Waals surface area contributed by atoms with Crippen molar-refractivity contribution in [1.82, 2.24) is 15.1 Å². The van der Waals surface area contributed by atoms with Crippen molar-refractivity contribution in [2.75, 3.05) is 40.3 Å². The minimum atomic E-state index is -0.718. The zero-order valence-electron chi connectivity index (χ0n) is 11.1. The Labute approximate surface area is 104 Å². The highest BCUT2D eigenvalue weighted by Gasteiger charge is 2.23. The first-order valence-corrected chi connectivity index (χ1v) is 6.33. The topological polar surface area (TPSA) is 55.8 Å². The first-order chi connectivity index (χ1) is 7.99. The Morgan fingerprint density at radius 3 is 2.82 bits per heavy atom. The first-order valence-electron chi connectivity index (χ1n) is 6.33. The molecule has 0 amide bonds. The molecule has 0 radical (unpaired) electrons. The van der Waals surface area contributed by atoms with Gasteiger partial charge in [0, 0.05) is 31.7 Å². The van der Waals surface area contributed by atoms with Crippen LogP contribution in [-0.2, 0) is 4.79 Å². The first kappa shape index (κ1) is 14.4. The van der Waals surface area contributed by atoms with E-state index in [9.17, 15) is 4.79 Å². The van der Waals surface area contributed by atoms with E-state index in [4.69, 9.17) is 5.11 Å². The highest BCUT2D eigenvalue weighted by Crippen LogP contribution is 2.10. The number of carbonyl (C=O) groups is 1. The predicted octanol–water partition coefficient (Wildman–Crippen LogP) is 0.0751. The van der Waals surface area contributed by atoms with Gasteiger partial charge in [-0.3, -0.25) is 9.69 Å². The third kappa shape index (κ3) is 5.48. The smallest absolute Gasteiger partial charge is 0.304 e.